The van der Waals surface area contributed by atoms with Gasteiger partial charge in [-0.15, -0.1) is 0 Å². The Kier molecular flexibility index (Phi) is 4.81. The van der Waals surface area contributed by atoms with E-state index in [0.717, 1.165) is 30.5 Å². The Morgan fingerprint density at radius 1 is 1.33 bits per heavy atom. The molecule has 0 N–H and O–H groups in total. The van der Waals surface area contributed by atoms with Crippen molar-refractivity contribution in [3.63, 3.8) is 0 Å². The van der Waals surface area contributed by atoms with Crippen molar-refractivity contribution in [2.75, 3.05) is 18.0 Å². The largest absolute Gasteiger partial charge is 0.356 e. The van der Waals surface area contributed by atoms with E-state index in [1.165, 1.54) is 32.1 Å². The van der Waals surface area contributed by atoms with Gasteiger partial charge in [-0.25, -0.2) is 9.97 Å². The molecule has 1 fully saturated rings. The summed E-state index contributed by atoms with van der Waals surface area (Å²) in [6.45, 7) is 6.43. The van der Waals surface area contributed by atoms with Gasteiger partial charge in [0.1, 0.15) is 5.82 Å². The van der Waals surface area contributed by atoms with Crippen molar-refractivity contribution in [2.24, 2.45) is 5.92 Å². The van der Waals surface area contributed by atoms with Crippen molar-refractivity contribution in [1.29, 1.82) is 0 Å². The van der Waals surface area contributed by atoms with E-state index in [-0.39, 0.29) is 0 Å². The van der Waals surface area contributed by atoms with Crippen molar-refractivity contribution >= 4 is 17.4 Å². The first-order valence-corrected chi connectivity index (χ1v) is 7.33. The van der Waals surface area contributed by atoms with E-state index in [0.29, 0.717) is 5.28 Å². The minimum absolute atomic E-state index is 0.361. The minimum atomic E-state index is 0.361. The van der Waals surface area contributed by atoms with Gasteiger partial charge in [-0.2, -0.15) is 0 Å². The van der Waals surface area contributed by atoms with Crippen molar-refractivity contribution in [3.8, 4) is 0 Å². The molecule has 0 spiro atoms. The van der Waals surface area contributed by atoms with E-state index >= 15 is 0 Å². The Bertz CT molecular complexity index is 374. The van der Waals surface area contributed by atoms with Crippen LogP contribution in [0.2, 0.25) is 5.28 Å². The Morgan fingerprint density at radius 2 is 2.17 bits per heavy atom. The lowest BCUT2D eigenvalue weighted by Crippen LogP contribution is -2.25. The van der Waals surface area contributed by atoms with Crippen molar-refractivity contribution in [1.82, 2.24) is 9.97 Å². The highest BCUT2D eigenvalue weighted by atomic mass is 35.5. The van der Waals surface area contributed by atoms with E-state index in [4.69, 9.17) is 11.6 Å². The van der Waals surface area contributed by atoms with Gasteiger partial charge in [0.25, 0.3) is 0 Å². The Balaban J connectivity index is 2.05. The van der Waals surface area contributed by atoms with Gasteiger partial charge in [-0.1, -0.05) is 19.8 Å². The van der Waals surface area contributed by atoms with Crippen LogP contribution in [0.5, 0.6) is 0 Å². The molecule has 2 heterocycles. The lowest BCUT2D eigenvalue weighted by molar-refractivity contribution is 0.435. The first-order valence-electron chi connectivity index (χ1n) is 6.95. The van der Waals surface area contributed by atoms with Crippen LogP contribution >= 0.6 is 11.6 Å². The quantitative estimate of drug-likeness (QED) is 0.779. The van der Waals surface area contributed by atoms with E-state index < -0.39 is 0 Å². The molecule has 0 amide bonds. The summed E-state index contributed by atoms with van der Waals surface area (Å²) in [5.74, 6) is 1.88. The summed E-state index contributed by atoms with van der Waals surface area (Å²) in [6.07, 6.45) is 6.53. The van der Waals surface area contributed by atoms with E-state index in [2.05, 4.69) is 21.8 Å². The first kappa shape index (κ1) is 13.6. The third-order valence-corrected chi connectivity index (χ3v) is 3.85. The zero-order valence-corrected chi connectivity index (χ0v) is 12.1. The predicted molar refractivity (Wildman–Crippen MR) is 76.2 cm³/mol. The number of aromatic nitrogens is 2. The highest BCUT2D eigenvalue weighted by Crippen LogP contribution is 2.25. The van der Waals surface area contributed by atoms with Gasteiger partial charge in [-0.3, -0.25) is 0 Å². The van der Waals surface area contributed by atoms with Gasteiger partial charge in [0, 0.05) is 24.8 Å². The predicted octanol–water partition coefficient (Wildman–Crippen LogP) is 3.85. The monoisotopic (exact) mass is 267 g/mol. The van der Waals surface area contributed by atoms with E-state index in [1.807, 2.05) is 13.0 Å². The van der Waals surface area contributed by atoms with Gasteiger partial charge in [-0.05, 0) is 43.7 Å². The van der Waals surface area contributed by atoms with Gasteiger partial charge in [0.2, 0.25) is 5.28 Å². The summed E-state index contributed by atoms with van der Waals surface area (Å²) < 4.78 is 0. The SMILES string of the molecule is CCCC1CCCN(c2cc(C)nc(Cl)n2)CC1. The maximum atomic E-state index is 5.94. The number of aryl methyl sites for hydroxylation is 1. The lowest BCUT2D eigenvalue weighted by Gasteiger charge is -2.22. The smallest absolute Gasteiger partial charge is 0.224 e. The topological polar surface area (TPSA) is 29.0 Å². The second-order valence-corrected chi connectivity index (χ2v) is 5.55. The summed E-state index contributed by atoms with van der Waals surface area (Å²) >= 11 is 5.94. The molecule has 4 heteroatoms. The lowest BCUT2D eigenvalue weighted by atomic mass is 9.96. The summed E-state index contributed by atoms with van der Waals surface area (Å²) in [5.41, 5.74) is 0.944. The van der Waals surface area contributed by atoms with Gasteiger partial charge >= 0.3 is 0 Å². The van der Waals surface area contributed by atoms with E-state index in [1.54, 1.807) is 0 Å². The molecule has 0 bridgehead atoms. The van der Waals surface area contributed by atoms with Gasteiger partial charge < -0.3 is 4.90 Å². The average Bonchev–Trinajstić information content (AvgIpc) is 2.54. The maximum Gasteiger partial charge on any atom is 0.224 e. The van der Waals surface area contributed by atoms with Crippen molar-refractivity contribution < 1.29 is 0 Å². The maximum absolute atomic E-state index is 5.94. The molecule has 1 atom stereocenters. The highest BCUT2D eigenvalue weighted by molar-refractivity contribution is 6.28. The molecule has 3 nitrogen and oxygen atoms in total. The standard InChI is InChI=1S/C14H22ClN3/c1-3-5-12-6-4-8-18(9-7-12)13-10-11(2)16-14(15)17-13/h10,12H,3-9H2,1-2H3. The number of hydrogen-bond donors (Lipinski definition) is 0. The van der Waals surface area contributed by atoms with Crippen LogP contribution in [-0.2, 0) is 0 Å². The average molecular weight is 268 g/mol. The van der Waals surface area contributed by atoms with Crippen LogP contribution in [0.3, 0.4) is 0 Å². The van der Waals surface area contributed by atoms with Gasteiger partial charge in [0.05, 0.1) is 0 Å². The Morgan fingerprint density at radius 3 is 2.89 bits per heavy atom. The van der Waals surface area contributed by atoms with Crippen LogP contribution in [0.4, 0.5) is 5.82 Å². The van der Waals surface area contributed by atoms with Crippen molar-refractivity contribution in [2.45, 2.75) is 46.0 Å². The van der Waals surface area contributed by atoms with Gasteiger partial charge in [0.15, 0.2) is 0 Å². The Hall–Kier alpha value is -0.830. The van der Waals surface area contributed by atoms with Crippen LogP contribution in [0.1, 0.15) is 44.7 Å². The third kappa shape index (κ3) is 3.58. The zero-order valence-electron chi connectivity index (χ0n) is 11.3. The molecule has 0 radical (unpaired) electrons. The van der Waals surface area contributed by atoms with Crippen LogP contribution < -0.4 is 4.90 Å². The molecule has 18 heavy (non-hydrogen) atoms. The molecule has 1 aliphatic heterocycles. The zero-order chi connectivity index (χ0) is 13.0. The first-order chi connectivity index (χ1) is 8.69. The normalized spacial score (nSPS) is 20.8. The fraction of sp³-hybridized carbons (Fsp3) is 0.714. The van der Waals surface area contributed by atoms with E-state index in [9.17, 15) is 0 Å². The Labute approximate surface area is 115 Å². The molecule has 0 saturated carbocycles. The molecule has 1 saturated heterocycles. The molecular formula is C14H22ClN3. The second kappa shape index (κ2) is 6.37. The highest BCUT2D eigenvalue weighted by Gasteiger charge is 2.18. The third-order valence-electron chi connectivity index (χ3n) is 3.68. The molecule has 1 aliphatic rings. The second-order valence-electron chi connectivity index (χ2n) is 5.21. The number of nitrogens with zero attached hydrogens (tertiary/aromatic N) is 3. The molecule has 100 valence electrons. The molecule has 0 aromatic carbocycles. The van der Waals surface area contributed by atoms with Crippen LogP contribution in [-0.4, -0.2) is 23.1 Å². The van der Waals surface area contributed by atoms with Crippen LogP contribution in [0.15, 0.2) is 6.07 Å². The fourth-order valence-electron chi connectivity index (χ4n) is 2.77. The molecule has 1 aromatic rings. The number of anilines is 1. The molecule has 1 aromatic heterocycles. The summed E-state index contributed by atoms with van der Waals surface area (Å²) in [7, 11) is 0. The number of hydrogen-bond acceptors (Lipinski definition) is 3. The molecule has 2 rings (SSSR count). The molecular weight excluding hydrogens is 246 g/mol. The summed E-state index contributed by atoms with van der Waals surface area (Å²) in [5, 5.41) is 0.361. The number of rotatable bonds is 3. The summed E-state index contributed by atoms with van der Waals surface area (Å²) in [4.78, 5) is 10.8. The van der Waals surface area contributed by atoms with Crippen LogP contribution in [0, 0.1) is 12.8 Å². The van der Waals surface area contributed by atoms with Crippen molar-refractivity contribution in [3.05, 3.63) is 17.0 Å². The fourth-order valence-corrected chi connectivity index (χ4v) is 2.99. The minimum Gasteiger partial charge on any atom is -0.356 e. The molecule has 0 aliphatic carbocycles. The summed E-state index contributed by atoms with van der Waals surface area (Å²) in [6, 6.07) is 2.03. The number of halogens is 1. The molecule has 1 unspecified atom stereocenters. The van der Waals surface area contributed by atoms with Crippen LogP contribution in [0.25, 0.3) is 0 Å².